The second kappa shape index (κ2) is 5.77. The van der Waals surface area contributed by atoms with Gasteiger partial charge in [0, 0.05) is 19.4 Å². The van der Waals surface area contributed by atoms with E-state index in [0.29, 0.717) is 30.7 Å². The highest BCUT2D eigenvalue weighted by Crippen LogP contribution is 2.10. The molecule has 1 aliphatic rings. The molecule has 2 rings (SSSR count). The standard InChI is InChI=1S/C11H18N4O2/c1-8-14-10(15-17-8)7-13-11(16)5-4-9-3-2-6-12-9/h9,12H,2-7H2,1H3,(H,13,16). The highest BCUT2D eigenvalue weighted by atomic mass is 16.5. The zero-order valence-corrected chi connectivity index (χ0v) is 10.0. The summed E-state index contributed by atoms with van der Waals surface area (Å²) in [6.45, 7) is 3.15. The second-order valence-corrected chi connectivity index (χ2v) is 4.34. The average Bonchev–Trinajstić information content (AvgIpc) is 2.95. The molecule has 1 aliphatic heterocycles. The fourth-order valence-electron chi connectivity index (χ4n) is 1.99. The van der Waals surface area contributed by atoms with Crippen LogP contribution in [-0.2, 0) is 11.3 Å². The minimum Gasteiger partial charge on any atom is -0.349 e. The lowest BCUT2D eigenvalue weighted by Crippen LogP contribution is -2.27. The second-order valence-electron chi connectivity index (χ2n) is 4.34. The average molecular weight is 238 g/mol. The van der Waals surface area contributed by atoms with Gasteiger partial charge in [-0.3, -0.25) is 4.79 Å². The summed E-state index contributed by atoms with van der Waals surface area (Å²) >= 11 is 0. The molecule has 1 saturated heterocycles. The molecule has 0 radical (unpaired) electrons. The van der Waals surface area contributed by atoms with Crippen LogP contribution >= 0.6 is 0 Å². The first-order chi connectivity index (χ1) is 8.24. The molecule has 1 atom stereocenters. The quantitative estimate of drug-likeness (QED) is 0.782. The number of nitrogens with zero attached hydrogens (tertiary/aromatic N) is 2. The molecule has 1 aromatic rings. The molecular weight excluding hydrogens is 220 g/mol. The van der Waals surface area contributed by atoms with Gasteiger partial charge in [-0.2, -0.15) is 4.98 Å². The summed E-state index contributed by atoms with van der Waals surface area (Å²) in [4.78, 5) is 15.6. The van der Waals surface area contributed by atoms with Crippen molar-refractivity contribution in [3.8, 4) is 0 Å². The van der Waals surface area contributed by atoms with E-state index >= 15 is 0 Å². The molecule has 1 aromatic heterocycles. The predicted octanol–water partition coefficient (Wildman–Crippen LogP) is 0.526. The van der Waals surface area contributed by atoms with Crippen molar-refractivity contribution in [2.24, 2.45) is 0 Å². The number of aromatic nitrogens is 2. The molecule has 1 fully saturated rings. The zero-order valence-electron chi connectivity index (χ0n) is 10.0. The van der Waals surface area contributed by atoms with E-state index in [1.54, 1.807) is 6.92 Å². The highest BCUT2D eigenvalue weighted by Gasteiger charge is 2.15. The van der Waals surface area contributed by atoms with Crippen molar-refractivity contribution in [1.29, 1.82) is 0 Å². The number of carbonyl (C=O) groups is 1. The SMILES string of the molecule is Cc1nc(CNC(=O)CCC2CCCN2)no1. The van der Waals surface area contributed by atoms with Gasteiger partial charge in [-0.1, -0.05) is 5.16 Å². The van der Waals surface area contributed by atoms with Gasteiger partial charge >= 0.3 is 0 Å². The summed E-state index contributed by atoms with van der Waals surface area (Å²) in [6.07, 6.45) is 3.84. The van der Waals surface area contributed by atoms with Crippen molar-refractivity contribution in [1.82, 2.24) is 20.8 Å². The largest absolute Gasteiger partial charge is 0.349 e. The smallest absolute Gasteiger partial charge is 0.223 e. The van der Waals surface area contributed by atoms with Crippen LogP contribution < -0.4 is 10.6 Å². The summed E-state index contributed by atoms with van der Waals surface area (Å²) in [5.74, 6) is 1.08. The van der Waals surface area contributed by atoms with E-state index in [-0.39, 0.29) is 5.91 Å². The summed E-state index contributed by atoms with van der Waals surface area (Å²) < 4.78 is 4.82. The summed E-state index contributed by atoms with van der Waals surface area (Å²) in [6, 6.07) is 0.508. The summed E-state index contributed by atoms with van der Waals surface area (Å²) in [7, 11) is 0. The summed E-state index contributed by atoms with van der Waals surface area (Å²) in [5, 5.41) is 9.87. The van der Waals surface area contributed by atoms with Crippen molar-refractivity contribution >= 4 is 5.91 Å². The molecular formula is C11H18N4O2. The summed E-state index contributed by atoms with van der Waals surface area (Å²) in [5.41, 5.74) is 0. The van der Waals surface area contributed by atoms with Crippen LogP contribution in [0, 0.1) is 6.92 Å². The number of rotatable bonds is 5. The molecule has 0 saturated carbocycles. The Kier molecular flexibility index (Phi) is 4.08. The van der Waals surface area contributed by atoms with Crippen LogP contribution in [0.1, 0.15) is 37.4 Å². The maximum absolute atomic E-state index is 11.6. The molecule has 0 spiro atoms. The van der Waals surface area contributed by atoms with Gasteiger partial charge in [0.15, 0.2) is 5.82 Å². The molecule has 1 unspecified atom stereocenters. The Morgan fingerprint density at radius 2 is 2.53 bits per heavy atom. The van der Waals surface area contributed by atoms with Crippen LogP contribution in [0.5, 0.6) is 0 Å². The van der Waals surface area contributed by atoms with E-state index in [1.807, 2.05) is 0 Å². The number of hydrogen-bond donors (Lipinski definition) is 2. The maximum Gasteiger partial charge on any atom is 0.223 e. The van der Waals surface area contributed by atoms with Crippen LogP contribution in [0.2, 0.25) is 0 Å². The Morgan fingerprint density at radius 1 is 1.65 bits per heavy atom. The normalized spacial score (nSPS) is 19.5. The van der Waals surface area contributed by atoms with Crippen LogP contribution in [0.25, 0.3) is 0 Å². The van der Waals surface area contributed by atoms with Crippen LogP contribution in [0.4, 0.5) is 0 Å². The van der Waals surface area contributed by atoms with Crippen LogP contribution in [-0.4, -0.2) is 28.6 Å². The minimum atomic E-state index is 0.0427. The van der Waals surface area contributed by atoms with E-state index in [0.717, 1.165) is 13.0 Å². The van der Waals surface area contributed by atoms with Gasteiger partial charge in [0.25, 0.3) is 0 Å². The van der Waals surface area contributed by atoms with Crippen molar-refractivity contribution in [3.63, 3.8) is 0 Å². The molecule has 2 heterocycles. The van der Waals surface area contributed by atoms with Crippen molar-refractivity contribution in [2.45, 2.75) is 45.2 Å². The molecule has 0 aromatic carbocycles. The van der Waals surface area contributed by atoms with E-state index in [1.165, 1.54) is 12.8 Å². The van der Waals surface area contributed by atoms with Gasteiger partial charge < -0.3 is 15.2 Å². The maximum atomic E-state index is 11.6. The molecule has 17 heavy (non-hydrogen) atoms. The van der Waals surface area contributed by atoms with Crippen molar-refractivity contribution in [3.05, 3.63) is 11.7 Å². The lowest BCUT2D eigenvalue weighted by atomic mass is 10.1. The Balaban J connectivity index is 1.63. The Hall–Kier alpha value is -1.43. The Morgan fingerprint density at radius 3 is 3.18 bits per heavy atom. The third kappa shape index (κ3) is 3.81. The van der Waals surface area contributed by atoms with E-state index in [2.05, 4.69) is 20.8 Å². The lowest BCUT2D eigenvalue weighted by Gasteiger charge is -2.09. The Labute approximate surface area is 100 Å². The number of amides is 1. The predicted molar refractivity (Wildman–Crippen MR) is 61.1 cm³/mol. The van der Waals surface area contributed by atoms with Crippen LogP contribution in [0.3, 0.4) is 0 Å². The first kappa shape index (κ1) is 12.0. The molecule has 1 amide bonds. The molecule has 6 heteroatoms. The molecule has 6 nitrogen and oxygen atoms in total. The number of hydrogen-bond acceptors (Lipinski definition) is 5. The zero-order chi connectivity index (χ0) is 12.1. The van der Waals surface area contributed by atoms with Gasteiger partial charge in [-0.25, -0.2) is 0 Å². The van der Waals surface area contributed by atoms with E-state index < -0.39 is 0 Å². The van der Waals surface area contributed by atoms with Gasteiger partial charge in [0.05, 0.1) is 6.54 Å². The monoisotopic (exact) mass is 238 g/mol. The number of nitrogens with one attached hydrogen (secondary N) is 2. The topological polar surface area (TPSA) is 80.0 Å². The Bertz CT molecular complexity index is 371. The molecule has 2 N–H and O–H groups in total. The van der Waals surface area contributed by atoms with Crippen LogP contribution in [0.15, 0.2) is 4.52 Å². The minimum absolute atomic E-state index is 0.0427. The first-order valence-corrected chi connectivity index (χ1v) is 6.03. The third-order valence-electron chi connectivity index (χ3n) is 2.90. The van der Waals surface area contributed by atoms with Gasteiger partial charge in [0.1, 0.15) is 0 Å². The molecule has 0 bridgehead atoms. The number of carbonyl (C=O) groups excluding carboxylic acids is 1. The van der Waals surface area contributed by atoms with E-state index in [9.17, 15) is 4.79 Å². The first-order valence-electron chi connectivity index (χ1n) is 6.03. The third-order valence-corrected chi connectivity index (χ3v) is 2.90. The van der Waals surface area contributed by atoms with Crippen molar-refractivity contribution in [2.75, 3.05) is 6.54 Å². The van der Waals surface area contributed by atoms with Crippen molar-refractivity contribution < 1.29 is 9.32 Å². The van der Waals surface area contributed by atoms with Gasteiger partial charge in [-0.15, -0.1) is 0 Å². The van der Waals surface area contributed by atoms with E-state index in [4.69, 9.17) is 4.52 Å². The fraction of sp³-hybridized carbons (Fsp3) is 0.727. The van der Waals surface area contributed by atoms with Gasteiger partial charge in [-0.05, 0) is 25.8 Å². The lowest BCUT2D eigenvalue weighted by molar-refractivity contribution is -0.121. The highest BCUT2D eigenvalue weighted by molar-refractivity contribution is 5.75. The van der Waals surface area contributed by atoms with Gasteiger partial charge in [0.2, 0.25) is 11.8 Å². The molecule has 94 valence electrons. The molecule has 0 aliphatic carbocycles. The fourth-order valence-corrected chi connectivity index (χ4v) is 1.99. The number of aryl methyl sites for hydroxylation is 1.